The van der Waals surface area contributed by atoms with Crippen LogP contribution < -0.4 is 10.1 Å². The molecule has 0 aliphatic carbocycles. The number of thioether (sulfide) groups is 1. The van der Waals surface area contributed by atoms with Crippen molar-refractivity contribution in [1.29, 1.82) is 0 Å². The monoisotopic (exact) mass is 302 g/mol. The number of halogens is 1. The fraction of sp³-hybridized carbons (Fsp3) is 0.462. The van der Waals surface area contributed by atoms with Crippen LogP contribution in [0.25, 0.3) is 0 Å². The van der Waals surface area contributed by atoms with Gasteiger partial charge in [0.15, 0.2) is 0 Å². The number of hydrogen-bond donors (Lipinski definition) is 1. The number of rotatable bonds is 4. The van der Waals surface area contributed by atoms with E-state index in [-0.39, 0.29) is 24.4 Å². The highest BCUT2D eigenvalue weighted by Crippen LogP contribution is 2.19. The van der Waals surface area contributed by atoms with E-state index in [4.69, 9.17) is 4.74 Å². The Balaban J connectivity index is 0.00000180. The van der Waals surface area contributed by atoms with E-state index in [1.165, 1.54) is 0 Å². The van der Waals surface area contributed by atoms with Crippen LogP contribution >= 0.6 is 24.2 Å². The zero-order chi connectivity index (χ0) is 13.0. The summed E-state index contributed by atoms with van der Waals surface area (Å²) in [5.74, 6) is 2.69. The van der Waals surface area contributed by atoms with Crippen molar-refractivity contribution >= 4 is 30.1 Å². The first-order chi connectivity index (χ1) is 8.72. The summed E-state index contributed by atoms with van der Waals surface area (Å²) in [6, 6.07) is 7.74. The first-order valence-electron chi connectivity index (χ1n) is 5.90. The predicted octanol–water partition coefficient (Wildman–Crippen LogP) is 1.74. The van der Waals surface area contributed by atoms with Crippen LogP contribution in [0.2, 0.25) is 0 Å². The molecule has 2 rings (SSSR count). The van der Waals surface area contributed by atoms with Crippen molar-refractivity contribution < 1.29 is 9.53 Å². The van der Waals surface area contributed by atoms with Crippen LogP contribution in [0, 0.1) is 0 Å². The molecule has 1 aliphatic heterocycles. The first kappa shape index (κ1) is 16.1. The van der Waals surface area contributed by atoms with Crippen molar-refractivity contribution in [3.63, 3.8) is 0 Å². The minimum absolute atomic E-state index is 0. The standard InChI is InChI=1S/C13H18N2O2S.ClH/c1-15(13(16)11-8-18-9-14-11)7-10-5-3-4-6-12(10)17-2;/h3-6,11,14H,7-9H2,1-2H3;1H. The molecule has 1 aromatic rings. The maximum Gasteiger partial charge on any atom is 0.240 e. The summed E-state index contributed by atoms with van der Waals surface area (Å²) in [7, 11) is 3.48. The Bertz CT molecular complexity index is 425. The number of benzene rings is 1. The number of para-hydroxylation sites is 1. The first-order valence-corrected chi connectivity index (χ1v) is 7.06. The molecular formula is C13H19ClN2O2S. The fourth-order valence-corrected chi connectivity index (χ4v) is 2.92. The Morgan fingerprint density at radius 2 is 2.26 bits per heavy atom. The van der Waals surface area contributed by atoms with Gasteiger partial charge < -0.3 is 9.64 Å². The van der Waals surface area contributed by atoms with Gasteiger partial charge in [-0.25, -0.2) is 0 Å². The van der Waals surface area contributed by atoms with Crippen molar-refractivity contribution in [2.45, 2.75) is 12.6 Å². The lowest BCUT2D eigenvalue weighted by Crippen LogP contribution is -2.42. The van der Waals surface area contributed by atoms with E-state index >= 15 is 0 Å². The van der Waals surface area contributed by atoms with Crippen LogP contribution in [-0.2, 0) is 11.3 Å². The smallest absolute Gasteiger partial charge is 0.240 e. The second-order valence-corrected chi connectivity index (χ2v) is 5.31. The van der Waals surface area contributed by atoms with E-state index < -0.39 is 0 Å². The average molecular weight is 303 g/mol. The van der Waals surface area contributed by atoms with Gasteiger partial charge >= 0.3 is 0 Å². The van der Waals surface area contributed by atoms with E-state index in [0.29, 0.717) is 6.54 Å². The Labute approximate surface area is 124 Å². The number of ether oxygens (including phenoxy) is 1. The average Bonchev–Trinajstić information content (AvgIpc) is 2.92. The number of amides is 1. The zero-order valence-electron chi connectivity index (χ0n) is 11.1. The number of nitrogens with one attached hydrogen (secondary N) is 1. The normalized spacial score (nSPS) is 17.7. The maximum atomic E-state index is 12.2. The molecule has 19 heavy (non-hydrogen) atoms. The lowest BCUT2D eigenvalue weighted by atomic mass is 10.2. The van der Waals surface area contributed by atoms with Crippen molar-refractivity contribution in [3.8, 4) is 5.75 Å². The van der Waals surface area contributed by atoms with Gasteiger partial charge in [-0.2, -0.15) is 0 Å². The molecule has 1 heterocycles. The molecule has 1 atom stereocenters. The molecule has 0 aromatic heterocycles. The third kappa shape index (κ3) is 4.03. The SMILES string of the molecule is COc1ccccc1CN(C)C(=O)C1CSCN1.Cl. The minimum Gasteiger partial charge on any atom is -0.496 e. The number of likely N-dealkylation sites (N-methyl/N-ethyl adjacent to an activating group) is 1. The summed E-state index contributed by atoms with van der Waals surface area (Å²) in [5, 5.41) is 3.19. The van der Waals surface area contributed by atoms with Gasteiger partial charge in [-0.15, -0.1) is 24.2 Å². The van der Waals surface area contributed by atoms with Crippen LogP contribution in [0.15, 0.2) is 24.3 Å². The number of methoxy groups -OCH3 is 1. The molecule has 1 N–H and O–H groups in total. The Morgan fingerprint density at radius 1 is 1.53 bits per heavy atom. The molecule has 0 bridgehead atoms. The molecular weight excluding hydrogens is 284 g/mol. The Morgan fingerprint density at radius 3 is 2.89 bits per heavy atom. The van der Waals surface area contributed by atoms with Gasteiger partial charge in [0, 0.05) is 30.8 Å². The fourth-order valence-electron chi connectivity index (χ4n) is 1.99. The Hall–Kier alpha value is -0.910. The van der Waals surface area contributed by atoms with Crippen molar-refractivity contribution in [3.05, 3.63) is 29.8 Å². The summed E-state index contributed by atoms with van der Waals surface area (Å²) in [6.45, 7) is 0.575. The van der Waals surface area contributed by atoms with Crippen LogP contribution in [0.5, 0.6) is 5.75 Å². The lowest BCUT2D eigenvalue weighted by Gasteiger charge is -2.21. The summed E-state index contributed by atoms with van der Waals surface area (Å²) in [4.78, 5) is 13.9. The van der Waals surface area contributed by atoms with Gasteiger partial charge in [-0.3, -0.25) is 10.1 Å². The topological polar surface area (TPSA) is 41.6 Å². The molecule has 1 fully saturated rings. The van der Waals surface area contributed by atoms with E-state index in [1.54, 1.807) is 23.8 Å². The van der Waals surface area contributed by atoms with Crippen LogP contribution in [0.1, 0.15) is 5.56 Å². The molecule has 0 spiro atoms. The predicted molar refractivity (Wildman–Crippen MR) is 81.0 cm³/mol. The summed E-state index contributed by atoms with van der Waals surface area (Å²) < 4.78 is 5.29. The third-order valence-corrected chi connectivity index (χ3v) is 3.93. The third-order valence-electron chi connectivity index (χ3n) is 2.99. The summed E-state index contributed by atoms with van der Waals surface area (Å²) in [5.41, 5.74) is 1.03. The van der Waals surface area contributed by atoms with Gasteiger partial charge in [-0.05, 0) is 6.07 Å². The highest BCUT2D eigenvalue weighted by atomic mass is 35.5. The largest absolute Gasteiger partial charge is 0.496 e. The highest BCUT2D eigenvalue weighted by Gasteiger charge is 2.25. The molecule has 1 aromatic carbocycles. The molecule has 106 valence electrons. The molecule has 4 nitrogen and oxygen atoms in total. The van der Waals surface area contributed by atoms with Crippen LogP contribution in [-0.4, -0.2) is 42.6 Å². The van der Waals surface area contributed by atoms with E-state index in [2.05, 4.69) is 5.32 Å². The second-order valence-electron chi connectivity index (χ2n) is 4.28. The number of hydrogen-bond acceptors (Lipinski definition) is 4. The van der Waals surface area contributed by atoms with Crippen molar-refractivity contribution in [2.24, 2.45) is 0 Å². The number of carbonyl (C=O) groups is 1. The number of carbonyl (C=O) groups excluding carboxylic acids is 1. The minimum atomic E-state index is -0.0466. The molecule has 1 aliphatic rings. The van der Waals surface area contributed by atoms with Gasteiger partial charge in [0.1, 0.15) is 5.75 Å². The van der Waals surface area contributed by atoms with E-state index in [9.17, 15) is 4.79 Å². The molecule has 1 saturated heterocycles. The Kier molecular flexibility index (Phi) is 6.48. The van der Waals surface area contributed by atoms with Gasteiger partial charge in [0.2, 0.25) is 5.91 Å². The molecule has 1 unspecified atom stereocenters. The van der Waals surface area contributed by atoms with Gasteiger partial charge in [0.25, 0.3) is 0 Å². The van der Waals surface area contributed by atoms with Crippen molar-refractivity contribution in [1.82, 2.24) is 10.2 Å². The van der Waals surface area contributed by atoms with Crippen LogP contribution in [0.4, 0.5) is 0 Å². The lowest BCUT2D eigenvalue weighted by molar-refractivity contribution is -0.131. The van der Waals surface area contributed by atoms with E-state index in [0.717, 1.165) is 22.9 Å². The van der Waals surface area contributed by atoms with Crippen molar-refractivity contribution in [2.75, 3.05) is 25.8 Å². The van der Waals surface area contributed by atoms with Crippen LogP contribution in [0.3, 0.4) is 0 Å². The highest BCUT2D eigenvalue weighted by molar-refractivity contribution is 7.99. The quantitative estimate of drug-likeness (QED) is 0.920. The summed E-state index contributed by atoms with van der Waals surface area (Å²) >= 11 is 1.76. The number of nitrogens with zero attached hydrogens (tertiary/aromatic N) is 1. The summed E-state index contributed by atoms with van der Waals surface area (Å²) in [6.07, 6.45) is 0. The van der Waals surface area contributed by atoms with Gasteiger partial charge in [-0.1, -0.05) is 18.2 Å². The molecule has 0 saturated carbocycles. The molecule has 1 amide bonds. The maximum absolute atomic E-state index is 12.2. The van der Waals surface area contributed by atoms with E-state index in [1.807, 2.05) is 31.3 Å². The zero-order valence-corrected chi connectivity index (χ0v) is 12.7. The second kappa shape index (κ2) is 7.62. The molecule has 6 heteroatoms. The van der Waals surface area contributed by atoms with Gasteiger partial charge in [0.05, 0.1) is 13.2 Å². The molecule has 0 radical (unpaired) electrons.